The van der Waals surface area contributed by atoms with Crippen molar-refractivity contribution in [1.29, 1.82) is 0 Å². The van der Waals surface area contributed by atoms with E-state index in [-0.39, 0.29) is 0 Å². The molecule has 3 rings (SSSR count). The van der Waals surface area contributed by atoms with Gasteiger partial charge in [-0.3, -0.25) is 0 Å². The van der Waals surface area contributed by atoms with Crippen molar-refractivity contribution in [3.8, 4) is 10.7 Å². The zero-order chi connectivity index (χ0) is 12.4. The molecular weight excluding hydrogens is 268 g/mol. The highest BCUT2D eigenvalue weighted by Crippen LogP contribution is 2.19. The molecule has 3 aromatic rings. The van der Waals surface area contributed by atoms with Crippen LogP contribution in [0.5, 0.6) is 0 Å². The van der Waals surface area contributed by atoms with E-state index in [2.05, 4.69) is 15.4 Å². The van der Waals surface area contributed by atoms with Gasteiger partial charge in [0, 0.05) is 5.02 Å². The van der Waals surface area contributed by atoms with E-state index in [1.54, 1.807) is 16.1 Å². The Kier molecular flexibility index (Phi) is 3.08. The van der Waals surface area contributed by atoms with E-state index in [0.29, 0.717) is 12.4 Å². The van der Waals surface area contributed by atoms with Crippen LogP contribution in [0.1, 0.15) is 5.56 Å². The van der Waals surface area contributed by atoms with Gasteiger partial charge >= 0.3 is 0 Å². The first-order chi connectivity index (χ1) is 8.81. The largest absolute Gasteiger partial charge is 0.214 e. The molecule has 4 nitrogen and oxygen atoms in total. The molecule has 6 heteroatoms. The molecule has 90 valence electrons. The molecule has 0 atom stereocenters. The lowest BCUT2D eigenvalue weighted by molar-refractivity contribution is 0.573. The SMILES string of the molecule is Clc1ccc(Cn2nnc(-c3cccs3)n2)cc1. The summed E-state index contributed by atoms with van der Waals surface area (Å²) < 4.78 is 0. The Balaban J connectivity index is 1.80. The minimum Gasteiger partial charge on any atom is -0.159 e. The number of thiophene rings is 1. The van der Waals surface area contributed by atoms with Gasteiger partial charge in [-0.15, -0.1) is 21.5 Å². The van der Waals surface area contributed by atoms with Gasteiger partial charge in [0.15, 0.2) is 0 Å². The lowest BCUT2D eigenvalue weighted by Gasteiger charge is -1.98. The van der Waals surface area contributed by atoms with Crippen LogP contribution in [0.25, 0.3) is 10.7 Å². The third kappa shape index (κ3) is 2.42. The summed E-state index contributed by atoms with van der Waals surface area (Å²) in [5.74, 6) is 0.666. The van der Waals surface area contributed by atoms with E-state index in [9.17, 15) is 0 Å². The van der Waals surface area contributed by atoms with E-state index in [4.69, 9.17) is 11.6 Å². The van der Waals surface area contributed by atoms with E-state index in [1.165, 1.54) is 0 Å². The molecule has 18 heavy (non-hydrogen) atoms. The first-order valence-corrected chi connectivity index (χ1v) is 6.63. The van der Waals surface area contributed by atoms with Gasteiger partial charge in [-0.1, -0.05) is 29.8 Å². The molecule has 0 saturated carbocycles. The number of rotatable bonds is 3. The second kappa shape index (κ2) is 4.88. The minimum absolute atomic E-state index is 0.593. The summed E-state index contributed by atoms with van der Waals surface area (Å²) in [6.07, 6.45) is 0. The number of hydrogen-bond acceptors (Lipinski definition) is 4. The van der Waals surface area contributed by atoms with Crippen molar-refractivity contribution in [2.75, 3.05) is 0 Å². The fraction of sp³-hybridized carbons (Fsp3) is 0.0833. The van der Waals surface area contributed by atoms with Gasteiger partial charge in [-0.25, -0.2) is 0 Å². The average molecular weight is 277 g/mol. The van der Waals surface area contributed by atoms with Crippen molar-refractivity contribution >= 4 is 22.9 Å². The fourth-order valence-electron chi connectivity index (χ4n) is 1.57. The Morgan fingerprint density at radius 3 is 2.72 bits per heavy atom. The van der Waals surface area contributed by atoms with Crippen LogP contribution in [0, 0.1) is 0 Å². The first kappa shape index (κ1) is 11.4. The number of benzene rings is 1. The molecular formula is C12H9ClN4S. The third-order valence-electron chi connectivity index (χ3n) is 2.43. The predicted octanol–water partition coefficient (Wildman–Crippen LogP) is 3.10. The van der Waals surface area contributed by atoms with Crippen molar-refractivity contribution < 1.29 is 0 Å². The maximum atomic E-state index is 5.84. The quantitative estimate of drug-likeness (QED) is 0.738. The molecule has 0 fully saturated rings. The smallest absolute Gasteiger partial charge is 0.159 e. The summed E-state index contributed by atoms with van der Waals surface area (Å²) in [6, 6.07) is 11.6. The van der Waals surface area contributed by atoms with E-state index in [1.807, 2.05) is 41.8 Å². The minimum atomic E-state index is 0.593. The molecule has 2 aromatic heterocycles. The van der Waals surface area contributed by atoms with Gasteiger partial charge in [0.2, 0.25) is 5.82 Å². The van der Waals surface area contributed by atoms with Crippen molar-refractivity contribution in [3.63, 3.8) is 0 Å². The van der Waals surface area contributed by atoms with Crippen molar-refractivity contribution in [3.05, 3.63) is 52.4 Å². The molecule has 0 radical (unpaired) electrons. The van der Waals surface area contributed by atoms with Gasteiger partial charge in [0.1, 0.15) is 0 Å². The Bertz CT molecular complexity index is 630. The lowest BCUT2D eigenvalue weighted by atomic mass is 10.2. The van der Waals surface area contributed by atoms with Crippen LogP contribution < -0.4 is 0 Å². The third-order valence-corrected chi connectivity index (χ3v) is 3.55. The Hall–Kier alpha value is -1.72. The first-order valence-electron chi connectivity index (χ1n) is 5.37. The zero-order valence-electron chi connectivity index (χ0n) is 9.32. The summed E-state index contributed by atoms with van der Waals surface area (Å²) in [6.45, 7) is 0.593. The summed E-state index contributed by atoms with van der Waals surface area (Å²) in [4.78, 5) is 2.61. The summed E-state index contributed by atoms with van der Waals surface area (Å²) >= 11 is 7.44. The second-order valence-electron chi connectivity index (χ2n) is 3.75. The van der Waals surface area contributed by atoms with Gasteiger partial charge < -0.3 is 0 Å². The Morgan fingerprint density at radius 2 is 2.00 bits per heavy atom. The molecule has 0 N–H and O–H groups in total. The normalized spacial score (nSPS) is 10.7. The number of nitrogens with zero attached hydrogens (tertiary/aromatic N) is 4. The molecule has 0 aliphatic carbocycles. The van der Waals surface area contributed by atoms with E-state index >= 15 is 0 Å². The van der Waals surface area contributed by atoms with Crippen LogP contribution in [0.2, 0.25) is 5.02 Å². The molecule has 0 saturated heterocycles. The standard InChI is InChI=1S/C12H9ClN4S/c13-10-5-3-9(4-6-10)8-17-15-12(14-16-17)11-2-1-7-18-11/h1-7H,8H2. The number of aromatic nitrogens is 4. The highest BCUT2D eigenvalue weighted by molar-refractivity contribution is 7.13. The summed E-state index contributed by atoms with van der Waals surface area (Å²) in [5, 5.41) is 15.1. The average Bonchev–Trinajstić information content (AvgIpc) is 3.02. The topological polar surface area (TPSA) is 43.6 Å². The maximum absolute atomic E-state index is 5.84. The summed E-state index contributed by atoms with van der Waals surface area (Å²) in [5.41, 5.74) is 1.09. The van der Waals surface area contributed by atoms with Gasteiger partial charge in [-0.05, 0) is 34.4 Å². The Morgan fingerprint density at radius 1 is 1.17 bits per heavy atom. The molecule has 0 aliphatic rings. The monoisotopic (exact) mass is 276 g/mol. The zero-order valence-corrected chi connectivity index (χ0v) is 10.9. The van der Waals surface area contributed by atoms with Crippen molar-refractivity contribution in [2.45, 2.75) is 6.54 Å². The second-order valence-corrected chi connectivity index (χ2v) is 5.13. The van der Waals surface area contributed by atoms with Crippen LogP contribution in [-0.4, -0.2) is 20.2 Å². The molecule has 1 aromatic carbocycles. The van der Waals surface area contributed by atoms with Gasteiger partial charge in [0.25, 0.3) is 0 Å². The highest BCUT2D eigenvalue weighted by Gasteiger charge is 2.06. The number of tetrazole rings is 1. The van der Waals surface area contributed by atoms with Crippen LogP contribution in [0.15, 0.2) is 41.8 Å². The maximum Gasteiger partial charge on any atom is 0.214 e. The molecule has 0 unspecified atom stereocenters. The van der Waals surface area contributed by atoms with Gasteiger partial charge in [0.05, 0.1) is 11.4 Å². The van der Waals surface area contributed by atoms with E-state index in [0.717, 1.165) is 15.5 Å². The van der Waals surface area contributed by atoms with E-state index < -0.39 is 0 Å². The number of hydrogen-bond donors (Lipinski definition) is 0. The van der Waals surface area contributed by atoms with Gasteiger partial charge in [-0.2, -0.15) is 4.80 Å². The predicted molar refractivity (Wildman–Crippen MR) is 71.7 cm³/mol. The lowest BCUT2D eigenvalue weighted by Crippen LogP contribution is -2.03. The molecule has 0 bridgehead atoms. The molecule has 0 spiro atoms. The van der Waals surface area contributed by atoms with Crippen LogP contribution in [0.4, 0.5) is 0 Å². The Labute approximate surface area is 113 Å². The van der Waals surface area contributed by atoms with Crippen LogP contribution in [-0.2, 0) is 6.54 Å². The highest BCUT2D eigenvalue weighted by atomic mass is 35.5. The van der Waals surface area contributed by atoms with Crippen LogP contribution in [0.3, 0.4) is 0 Å². The van der Waals surface area contributed by atoms with Crippen molar-refractivity contribution in [1.82, 2.24) is 20.2 Å². The molecule has 0 aliphatic heterocycles. The molecule has 0 amide bonds. The number of halogens is 1. The van der Waals surface area contributed by atoms with Crippen LogP contribution >= 0.6 is 22.9 Å². The molecule has 2 heterocycles. The van der Waals surface area contributed by atoms with Crippen molar-refractivity contribution in [2.24, 2.45) is 0 Å². The summed E-state index contributed by atoms with van der Waals surface area (Å²) in [7, 11) is 0. The fourth-order valence-corrected chi connectivity index (χ4v) is 2.34.